The molecule has 2 heterocycles. The highest BCUT2D eigenvalue weighted by atomic mass is 16.5. The molecule has 0 amide bonds. The number of rotatable bonds is 2. The van der Waals surface area contributed by atoms with Gasteiger partial charge in [0.15, 0.2) is 0 Å². The molecule has 0 unspecified atom stereocenters. The van der Waals surface area contributed by atoms with Crippen molar-refractivity contribution in [1.29, 1.82) is 0 Å². The fourth-order valence-corrected chi connectivity index (χ4v) is 1.97. The molecule has 0 aliphatic carbocycles. The van der Waals surface area contributed by atoms with Crippen LogP contribution in [-0.2, 0) is 0 Å². The van der Waals surface area contributed by atoms with Gasteiger partial charge in [0, 0.05) is 16.9 Å². The number of nitrogens with zero attached hydrogens (tertiary/aromatic N) is 3. The zero-order chi connectivity index (χ0) is 14.1. The zero-order valence-corrected chi connectivity index (χ0v) is 11.3. The third-order valence-corrected chi connectivity index (χ3v) is 3.04. The number of hydrogen-bond donors (Lipinski definition) is 1. The number of hydrogen-bond acceptors (Lipinski definition) is 5. The molecular formula is C15H14N4O. The van der Waals surface area contributed by atoms with E-state index in [0.29, 0.717) is 23.1 Å². The van der Waals surface area contributed by atoms with Gasteiger partial charge < -0.3 is 10.3 Å². The van der Waals surface area contributed by atoms with E-state index in [9.17, 15) is 0 Å². The van der Waals surface area contributed by atoms with Crippen molar-refractivity contribution in [2.75, 3.05) is 5.73 Å². The van der Waals surface area contributed by atoms with E-state index in [0.717, 1.165) is 16.8 Å². The van der Waals surface area contributed by atoms with Gasteiger partial charge in [-0.3, -0.25) is 0 Å². The van der Waals surface area contributed by atoms with Crippen molar-refractivity contribution >= 4 is 5.69 Å². The molecule has 2 N–H and O–H groups in total. The Bertz CT molecular complexity index is 764. The van der Waals surface area contributed by atoms with Crippen LogP contribution in [0, 0.1) is 13.8 Å². The Balaban J connectivity index is 2.04. The molecule has 5 heteroatoms. The molecule has 5 nitrogen and oxygen atoms in total. The third-order valence-electron chi connectivity index (χ3n) is 3.04. The zero-order valence-electron chi connectivity index (χ0n) is 11.3. The highest BCUT2D eigenvalue weighted by molar-refractivity contribution is 5.65. The monoisotopic (exact) mass is 266 g/mol. The summed E-state index contributed by atoms with van der Waals surface area (Å²) in [5, 5.41) is 3.99. The van der Waals surface area contributed by atoms with Gasteiger partial charge in [-0.15, -0.1) is 0 Å². The van der Waals surface area contributed by atoms with Crippen LogP contribution in [0.2, 0.25) is 0 Å². The van der Waals surface area contributed by atoms with Gasteiger partial charge in [-0.25, -0.2) is 4.98 Å². The summed E-state index contributed by atoms with van der Waals surface area (Å²) in [4.78, 5) is 8.78. The summed E-state index contributed by atoms with van der Waals surface area (Å²) in [5.41, 5.74) is 9.95. The summed E-state index contributed by atoms with van der Waals surface area (Å²) in [6.07, 6.45) is 0. The lowest BCUT2D eigenvalue weighted by Crippen LogP contribution is -1.90. The van der Waals surface area contributed by atoms with Crippen LogP contribution in [-0.4, -0.2) is 15.1 Å². The van der Waals surface area contributed by atoms with E-state index in [1.54, 1.807) is 0 Å². The maximum atomic E-state index is 5.80. The molecule has 0 atom stereocenters. The van der Waals surface area contributed by atoms with Crippen LogP contribution in [0.3, 0.4) is 0 Å². The fourth-order valence-electron chi connectivity index (χ4n) is 1.97. The molecule has 0 radical (unpaired) electrons. The standard InChI is InChI=1S/C15H14N4O/c1-9-6-7-11(16)8-12(9)15-18-14(19-20-15)13-5-3-4-10(2)17-13/h3-8H,16H2,1-2H3. The fraction of sp³-hybridized carbons (Fsp3) is 0.133. The smallest absolute Gasteiger partial charge is 0.258 e. The molecule has 2 aromatic heterocycles. The Morgan fingerprint density at radius 1 is 1.05 bits per heavy atom. The predicted molar refractivity (Wildman–Crippen MR) is 76.9 cm³/mol. The second-order valence-electron chi connectivity index (χ2n) is 4.66. The van der Waals surface area contributed by atoms with Crippen molar-refractivity contribution in [3.63, 3.8) is 0 Å². The summed E-state index contributed by atoms with van der Waals surface area (Å²) < 4.78 is 5.32. The number of aromatic nitrogens is 3. The van der Waals surface area contributed by atoms with Crippen molar-refractivity contribution in [3.8, 4) is 23.0 Å². The average Bonchev–Trinajstić information content (AvgIpc) is 2.91. The molecule has 1 aromatic carbocycles. The second-order valence-corrected chi connectivity index (χ2v) is 4.66. The molecule has 0 spiro atoms. The van der Waals surface area contributed by atoms with Gasteiger partial charge in [-0.2, -0.15) is 4.98 Å². The van der Waals surface area contributed by atoms with Crippen molar-refractivity contribution in [1.82, 2.24) is 15.1 Å². The van der Waals surface area contributed by atoms with E-state index < -0.39 is 0 Å². The Morgan fingerprint density at radius 2 is 1.90 bits per heavy atom. The van der Waals surface area contributed by atoms with Crippen LogP contribution < -0.4 is 5.73 Å². The minimum Gasteiger partial charge on any atom is -0.399 e. The Morgan fingerprint density at radius 3 is 2.70 bits per heavy atom. The molecule has 0 fully saturated rings. The first-order valence-corrected chi connectivity index (χ1v) is 6.28. The first kappa shape index (κ1) is 12.3. The van der Waals surface area contributed by atoms with Gasteiger partial charge >= 0.3 is 0 Å². The molecule has 20 heavy (non-hydrogen) atoms. The molecular weight excluding hydrogens is 252 g/mol. The van der Waals surface area contributed by atoms with Crippen molar-refractivity contribution in [2.24, 2.45) is 0 Å². The van der Waals surface area contributed by atoms with Crippen LogP contribution in [0.15, 0.2) is 40.9 Å². The first-order chi connectivity index (χ1) is 9.63. The van der Waals surface area contributed by atoms with Gasteiger partial charge in [0.25, 0.3) is 5.89 Å². The molecule has 0 aliphatic rings. The molecule has 100 valence electrons. The molecule has 0 aliphatic heterocycles. The quantitative estimate of drug-likeness (QED) is 0.721. The highest BCUT2D eigenvalue weighted by Crippen LogP contribution is 2.26. The van der Waals surface area contributed by atoms with E-state index in [2.05, 4.69) is 15.1 Å². The lowest BCUT2D eigenvalue weighted by atomic mass is 10.1. The first-order valence-electron chi connectivity index (χ1n) is 6.28. The molecule has 0 bridgehead atoms. The van der Waals surface area contributed by atoms with Gasteiger partial charge in [-0.1, -0.05) is 17.3 Å². The topological polar surface area (TPSA) is 77.8 Å². The van der Waals surface area contributed by atoms with Crippen molar-refractivity contribution in [3.05, 3.63) is 47.7 Å². The van der Waals surface area contributed by atoms with Crippen LogP contribution in [0.1, 0.15) is 11.3 Å². The van der Waals surface area contributed by atoms with E-state index in [4.69, 9.17) is 10.3 Å². The number of nitrogens with two attached hydrogens (primary N) is 1. The van der Waals surface area contributed by atoms with Crippen LogP contribution in [0.4, 0.5) is 5.69 Å². The average molecular weight is 266 g/mol. The Labute approximate surface area is 116 Å². The van der Waals surface area contributed by atoms with Gasteiger partial charge in [0.1, 0.15) is 5.69 Å². The number of pyridine rings is 1. The summed E-state index contributed by atoms with van der Waals surface area (Å²) >= 11 is 0. The molecule has 0 saturated heterocycles. The van der Waals surface area contributed by atoms with Crippen LogP contribution >= 0.6 is 0 Å². The maximum Gasteiger partial charge on any atom is 0.258 e. The number of aryl methyl sites for hydroxylation is 2. The number of benzene rings is 1. The summed E-state index contributed by atoms with van der Waals surface area (Å²) in [6.45, 7) is 3.90. The van der Waals surface area contributed by atoms with Crippen molar-refractivity contribution in [2.45, 2.75) is 13.8 Å². The highest BCUT2D eigenvalue weighted by Gasteiger charge is 2.13. The van der Waals surface area contributed by atoms with Gasteiger partial charge in [0.05, 0.1) is 0 Å². The minimum atomic E-state index is 0.452. The lowest BCUT2D eigenvalue weighted by molar-refractivity contribution is 0.432. The summed E-state index contributed by atoms with van der Waals surface area (Å²) in [7, 11) is 0. The van der Waals surface area contributed by atoms with Crippen LogP contribution in [0.25, 0.3) is 23.0 Å². The Kier molecular flexibility index (Phi) is 2.95. The lowest BCUT2D eigenvalue weighted by Gasteiger charge is -2.01. The minimum absolute atomic E-state index is 0.452. The largest absolute Gasteiger partial charge is 0.399 e. The molecule has 3 rings (SSSR count). The van der Waals surface area contributed by atoms with E-state index in [1.165, 1.54) is 0 Å². The predicted octanol–water partition coefficient (Wildman–Crippen LogP) is 3.00. The molecule has 3 aromatic rings. The van der Waals surface area contributed by atoms with Gasteiger partial charge in [0.2, 0.25) is 5.82 Å². The third kappa shape index (κ3) is 2.25. The van der Waals surface area contributed by atoms with Gasteiger partial charge in [-0.05, 0) is 43.7 Å². The number of nitrogen functional groups attached to an aromatic ring is 1. The normalized spacial score (nSPS) is 10.7. The van der Waals surface area contributed by atoms with E-state index >= 15 is 0 Å². The van der Waals surface area contributed by atoms with E-state index in [1.807, 2.05) is 50.2 Å². The molecule has 0 saturated carbocycles. The Hall–Kier alpha value is -2.69. The van der Waals surface area contributed by atoms with E-state index in [-0.39, 0.29) is 0 Å². The summed E-state index contributed by atoms with van der Waals surface area (Å²) in [6, 6.07) is 11.3. The summed E-state index contributed by atoms with van der Waals surface area (Å²) in [5.74, 6) is 0.929. The maximum absolute atomic E-state index is 5.80. The number of anilines is 1. The second kappa shape index (κ2) is 4.77. The SMILES string of the molecule is Cc1cccc(-c2noc(-c3cc(N)ccc3C)n2)n1. The van der Waals surface area contributed by atoms with Crippen molar-refractivity contribution < 1.29 is 4.52 Å². The van der Waals surface area contributed by atoms with Crippen LogP contribution in [0.5, 0.6) is 0 Å².